The van der Waals surface area contributed by atoms with Gasteiger partial charge in [0.1, 0.15) is 5.60 Å². The van der Waals surface area contributed by atoms with Crippen LogP contribution in [0.1, 0.15) is 52.0 Å². The predicted molar refractivity (Wildman–Crippen MR) is 142 cm³/mol. The molecule has 1 amide bonds. The Balaban J connectivity index is 1.41. The van der Waals surface area contributed by atoms with Crippen LogP contribution in [0.15, 0.2) is 54.7 Å². The van der Waals surface area contributed by atoms with E-state index in [1.807, 2.05) is 32.9 Å². The van der Waals surface area contributed by atoms with Gasteiger partial charge in [-0.15, -0.1) is 0 Å². The van der Waals surface area contributed by atoms with E-state index in [9.17, 15) is 4.79 Å². The molecule has 1 saturated carbocycles. The van der Waals surface area contributed by atoms with Gasteiger partial charge in [-0.25, -0.2) is 14.8 Å². The Morgan fingerprint density at radius 1 is 0.971 bits per heavy atom. The second kappa shape index (κ2) is 10.6. The molecule has 1 aromatic heterocycles. The van der Waals surface area contributed by atoms with Crippen molar-refractivity contribution >= 4 is 23.6 Å². The fourth-order valence-electron chi connectivity index (χ4n) is 4.35. The lowest BCUT2D eigenvalue weighted by Gasteiger charge is -2.30. The average molecular weight is 493 g/mol. The Labute approximate surface area is 212 Å². The minimum absolute atomic E-state index is 0.119. The van der Waals surface area contributed by atoms with Gasteiger partial charge in [-0.1, -0.05) is 59.6 Å². The molecule has 1 aliphatic rings. The Hall–Kier alpha value is -3.12. The van der Waals surface area contributed by atoms with Gasteiger partial charge in [-0.05, 0) is 70.6 Å². The number of hydrogen-bond acceptors (Lipinski definition) is 5. The van der Waals surface area contributed by atoms with Crippen molar-refractivity contribution in [1.82, 2.24) is 15.3 Å². The molecule has 0 atom stereocenters. The highest BCUT2D eigenvalue weighted by Gasteiger charge is 2.25. The molecule has 6 nitrogen and oxygen atoms in total. The summed E-state index contributed by atoms with van der Waals surface area (Å²) in [5.74, 6) is 0.564. The maximum Gasteiger partial charge on any atom is 0.407 e. The first-order chi connectivity index (χ1) is 16.7. The number of aryl methyl sites for hydroxylation is 1. The molecule has 0 aliphatic heterocycles. The molecule has 4 rings (SSSR count). The lowest BCUT2D eigenvalue weighted by Crippen LogP contribution is -2.42. The molecule has 1 heterocycles. The standard InChI is InChI=1S/C28H33ClN4O2/c1-18-7-5-8-19(15-18)20-9-6-10-21(16-20)25-24(29)17-30-26(33-25)31-22-11-13-23(14-12-22)32-27(34)35-28(2,3)4/h5-10,15-17,22-23H,11-14H2,1-4H3,(H,32,34)(H,30,31,33). The van der Waals surface area contributed by atoms with Crippen molar-refractivity contribution in [2.24, 2.45) is 0 Å². The van der Waals surface area contributed by atoms with E-state index >= 15 is 0 Å². The second-order valence-corrected chi connectivity index (χ2v) is 10.6. The smallest absolute Gasteiger partial charge is 0.407 e. The van der Waals surface area contributed by atoms with Crippen molar-refractivity contribution in [1.29, 1.82) is 0 Å². The van der Waals surface area contributed by atoms with Crippen LogP contribution < -0.4 is 10.6 Å². The summed E-state index contributed by atoms with van der Waals surface area (Å²) in [6, 6.07) is 17.0. The van der Waals surface area contributed by atoms with E-state index in [2.05, 4.69) is 58.9 Å². The molecule has 3 aromatic rings. The molecule has 0 saturated heterocycles. The van der Waals surface area contributed by atoms with Crippen LogP contribution in [0.3, 0.4) is 0 Å². The van der Waals surface area contributed by atoms with Gasteiger partial charge in [-0.2, -0.15) is 0 Å². The van der Waals surface area contributed by atoms with Crippen LogP contribution in [-0.2, 0) is 4.74 Å². The molecule has 7 heteroatoms. The van der Waals surface area contributed by atoms with Crippen molar-refractivity contribution in [3.8, 4) is 22.4 Å². The lowest BCUT2D eigenvalue weighted by molar-refractivity contribution is 0.0492. The molecular formula is C28H33ClN4O2. The first kappa shape index (κ1) is 25.0. The van der Waals surface area contributed by atoms with E-state index in [0.29, 0.717) is 16.7 Å². The van der Waals surface area contributed by atoms with Gasteiger partial charge in [0.25, 0.3) is 0 Å². The van der Waals surface area contributed by atoms with Crippen LogP contribution in [0.4, 0.5) is 10.7 Å². The highest BCUT2D eigenvalue weighted by atomic mass is 35.5. The summed E-state index contributed by atoms with van der Waals surface area (Å²) in [4.78, 5) is 21.2. The van der Waals surface area contributed by atoms with Crippen LogP contribution in [0.25, 0.3) is 22.4 Å². The third-order valence-electron chi connectivity index (χ3n) is 6.01. The molecule has 35 heavy (non-hydrogen) atoms. The summed E-state index contributed by atoms with van der Waals surface area (Å²) >= 11 is 6.51. The third kappa shape index (κ3) is 6.95. The van der Waals surface area contributed by atoms with Crippen molar-refractivity contribution < 1.29 is 9.53 Å². The second-order valence-electron chi connectivity index (χ2n) is 10.2. The third-order valence-corrected chi connectivity index (χ3v) is 6.29. The summed E-state index contributed by atoms with van der Waals surface area (Å²) in [6.45, 7) is 7.69. The van der Waals surface area contributed by atoms with Crippen LogP contribution >= 0.6 is 11.6 Å². The molecule has 2 N–H and O–H groups in total. The van der Waals surface area contributed by atoms with E-state index in [-0.39, 0.29) is 18.2 Å². The highest BCUT2D eigenvalue weighted by molar-refractivity contribution is 6.32. The van der Waals surface area contributed by atoms with Crippen molar-refractivity contribution in [3.63, 3.8) is 0 Å². The number of anilines is 1. The molecule has 184 valence electrons. The Morgan fingerprint density at radius 2 is 1.60 bits per heavy atom. The zero-order valence-corrected chi connectivity index (χ0v) is 21.5. The molecule has 0 bridgehead atoms. The number of carbonyl (C=O) groups is 1. The van der Waals surface area contributed by atoms with E-state index < -0.39 is 5.60 Å². The number of nitrogens with one attached hydrogen (secondary N) is 2. The van der Waals surface area contributed by atoms with Gasteiger partial charge in [0.2, 0.25) is 5.95 Å². The summed E-state index contributed by atoms with van der Waals surface area (Å²) in [6.07, 6.45) is 4.86. The number of benzene rings is 2. The Kier molecular flexibility index (Phi) is 7.60. The van der Waals surface area contributed by atoms with Gasteiger partial charge >= 0.3 is 6.09 Å². The molecule has 2 aromatic carbocycles. The average Bonchev–Trinajstić information content (AvgIpc) is 2.80. The number of nitrogens with zero attached hydrogens (tertiary/aromatic N) is 2. The van der Waals surface area contributed by atoms with Gasteiger partial charge in [-0.3, -0.25) is 0 Å². The maximum absolute atomic E-state index is 12.1. The Morgan fingerprint density at radius 3 is 2.29 bits per heavy atom. The van der Waals surface area contributed by atoms with Gasteiger partial charge in [0, 0.05) is 17.6 Å². The summed E-state index contributed by atoms with van der Waals surface area (Å²) in [7, 11) is 0. The quantitative estimate of drug-likeness (QED) is 0.400. The number of carbonyl (C=O) groups excluding carboxylic acids is 1. The number of alkyl carbamates (subject to hydrolysis) is 1. The molecule has 1 aliphatic carbocycles. The predicted octanol–water partition coefficient (Wildman–Crippen LogP) is 7.02. The van der Waals surface area contributed by atoms with E-state index in [4.69, 9.17) is 21.3 Å². The first-order valence-corrected chi connectivity index (χ1v) is 12.5. The molecular weight excluding hydrogens is 460 g/mol. The molecule has 0 unspecified atom stereocenters. The fourth-order valence-corrected chi connectivity index (χ4v) is 4.55. The number of halogens is 1. The van der Waals surface area contributed by atoms with Gasteiger partial charge in [0.15, 0.2) is 0 Å². The topological polar surface area (TPSA) is 76.1 Å². The van der Waals surface area contributed by atoms with Crippen LogP contribution in [0, 0.1) is 6.92 Å². The SMILES string of the molecule is Cc1cccc(-c2cccc(-c3nc(NC4CCC(NC(=O)OC(C)(C)C)CC4)ncc3Cl)c2)c1. The van der Waals surface area contributed by atoms with Crippen molar-refractivity contribution in [2.45, 2.75) is 71.1 Å². The number of aromatic nitrogens is 2. The maximum atomic E-state index is 12.1. The summed E-state index contributed by atoms with van der Waals surface area (Å²) in [5, 5.41) is 6.96. The summed E-state index contributed by atoms with van der Waals surface area (Å²) in [5.41, 5.74) is 4.66. The van der Waals surface area contributed by atoms with E-state index in [1.165, 1.54) is 5.56 Å². The van der Waals surface area contributed by atoms with Crippen LogP contribution in [0.2, 0.25) is 5.02 Å². The number of hydrogen-bond donors (Lipinski definition) is 2. The van der Waals surface area contributed by atoms with E-state index in [1.54, 1.807) is 6.20 Å². The monoisotopic (exact) mass is 492 g/mol. The van der Waals surface area contributed by atoms with Crippen molar-refractivity contribution in [3.05, 3.63) is 65.3 Å². The zero-order valence-electron chi connectivity index (χ0n) is 20.8. The number of amides is 1. The highest BCUT2D eigenvalue weighted by Crippen LogP contribution is 2.31. The largest absolute Gasteiger partial charge is 0.444 e. The van der Waals surface area contributed by atoms with Gasteiger partial charge < -0.3 is 15.4 Å². The van der Waals surface area contributed by atoms with Crippen molar-refractivity contribution in [2.75, 3.05) is 5.32 Å². The normalized spacial score (nSPS) is 18.1. The zero-order chi connectivity index (χ0) is 25.0. The molecule has 0 spiro atoms. The number of ether oxygens (including phenoxy) is 1. The van der Waals surface area contributed by atoms with E-state index in [0.717, 1.165) is 42.4 Å². The fraction of sp³-hybridized carbons (Fsp3) is 0.393. The lowest BCUT2D eigenvalue weighted by atomic mass is 9.91. The van der Waals surface area contributed by atoms with Crippen LogP contribution in [0.5, 0.6) is 0 Å². The van der Waals surface area contributed by atoms with Crippen LogP contribution in [-0.4, -0.2) is 33.7 Å². The molecule has 1 fully saturated rings. The Bertz CT molecular complexity index is 1180. The summed E-state index contributed by atoms with van der Waals surface area (Å²) < 4.78 is 5.37. The van der Waals surface area contributed by atoms with Gasteiger partial charge in [0.05, 0.1) is 16.9 Å². The minimum Gasteiger partial charge on any atom is -0.444 e. The minimum atomic E-state index is -0.494. The first-order valence-electron chi connectivity index (χ1n) is 12.1. The number of rotatable bonds is 5. The molecule has 0 radical (unpaired) electrons.